The Labute approximate surface area is 97.8 Å². The molecule has 0 N–H and O–H groups in total. The zero-order chi connectivity index (χ0) is 10.0. The molecule has 1 aliphatic rings. The van der Waals surface area contributed by atoms with E-state index in [1.54, 1.807) is 0 Å². The quantitative estimate of drug-likeness (QED) is 0.568. The summed E-state index contributed by atoms with van der Waals surface area (Å²) in [6, 6.07) is 9.53. The average molecular weight is 305 g/mol. The Hall–Kier alpha value is -0.160. The zero-order valence-corrected chi connectivity index (χ0v) is 10.1. The van der Waals surface area contributed by atoms with Crippen LogP contribution in [0, 0.1) is 0 Å². The van der Waals surface area contributed by atoms with Gasteiger partial charge < -0.3 is 0 Å². The normalized spacial score (nSPS) is 22.1. The minimum atomic E-state index is -1.09. The number of halogens is 2. The Bertz CT molecular complexity index is 293. The van der Waals surface area contributed by atoms with Gasteiger partial charge in [0.2, 0.25) is 0 Å². The van der Waals surface area contributed by atoms with Gasteiger partial charge in [-0.15, -0.1) is 0 Å². The molecule has 1 aliphatic heterocycles. The molecule has 1 aromatic rings. The van der Waals surface area contributed by atoms with Crippen LogP contribution in [0.25, 0.3) is 0 Å². The van der Waals surface area contributed by atoms with Gasteiger partial charge in [-0.3, -0.25) is 0 Å². The molecule has 1 heterocycles. The predicted molar refractivity (Wildman–Crippen MR) is 64.1 cm³/mol. The van der Waals surface area contributed by atoms with Crippen molar-refractivity contribution in [3.8, 4) is 0 Å². The third-order valence-electron chi connectivity index (χ3n) is 2.79. The highest BCUT2D eigenvalue weighted by Gasteiger charge is 2.35. The van der Waals surface area contributed by atoms with Gasteiger partial charge in [-0.05, 0) is 18.4 Å². The second-order valence-corrected chi connectivity index (χ2v) is 5.11. The topological polar surface area (TPSA) is 3.24 Å². The maximum atomic E-state index is 14.4. The molecule has 0 radical (unpaired) electrons. The Morgan fingerprint density at radius 2 is 1.71 bits per heavy atom. The van der Waals surface area contributed by atoms with E-state index in [0.29, 0.717) is 12.8 Å². The maximum Gasteiger partial charge on any atom is 0.138 e. The molecular formula is C11H13FIN. The van der Waals surface area contributed by atoms with E-state index in [0.717, 1.165) is 18.7 Å². The zero-order valence-electron chi connectivity index (χ0n) is 7.92. The van der Waals surface area contributed by atoms with Crippen LogP contribution in [0.3, 0.4) is 0 Å². The van der Waals surface area contributed by atoms with Gasteiger partial charge in [-0.1, -0.05) is 30.3 Å². The highest BCUT2D eigenvalue weighted by Crippen LogP contribution is 2.37. The first kappa shape index (κ1) is 10.4. The molecular weight excluding hydrogens is 292 g/mol. The molecule has 0 atom stereocenters. The first-order valence-electron chi connectivity index (χ1n) is 4.86. The minimum Gasteiger partial charge on any atom is -0.247 e. The van der Waals surface area contributed by atoms with E-state index in [2.05, 4.69) is 26.0 Å². The summed E-state index contributed by atoms with van der Waals surface area (Å²) in [5, 5.41) is 0. The van der Waals surface area contributed by atoms with Gasteiger partial charge in [0.25, 0.3) is 0 Å². The van der Waals surface area contributed by atoms with Crippen LogP contribution < -0.4 is 0 Å². The predicted octanol–water partition coefficient (Wildman–Crippen LogP) is 3.30. The molecule has 0 bridgehead atoms. The molecule has 1 aromatic carbocycles. The van der Waals surface area contributed by atoms with Crippen LogP contribution in [0.1, 0.15) is 18.4 Å². The third-order valence-corrected chi connectivity index (χ3v) is 3.76. The van der Waals surface area contributed by atoms with Crippen molar-refractivity contribution in [2.45, 2.75) is 18.5 Å². The number of hydrogen-bond acceptors (Lipinski definition) is 1. The lowest BCUT2D eigenvalue weighted by Crippen LogP contribution is -2.35. The van der Waals surface area contributed by atoms with Crippen molar-refractivity contribution in [3.63, 3.8) is 0 Å². The number of piperidine rings is 1. The summed E-state index contributed by atoms with van der Waals surface area (Å²) in [6.07, 6.45) is 1.22. The van der Waals surface area contributed by atoms with Crippen LogP contribution >= 0.6 is 22.9 Å². The fourth-order valence-corrected chi connectivity index (χ4v) is 2.34. The summed E-state index contributed by atoms with van der Waals surface area (Å²) in [5.74, 6) is 0. The molecule has 14 heavy (non-hydrogen) atoms. The van der Waals surface area contributed by atoms with Gasteiger partial charge in [0, 0.05) is 36.0 Å². The number of hydrogen-bond donors (Lipinski definition) is 0. The Kier molecular flexibility index (Phi) is 3.07. The van der Waals surface area contributed by atoms with Crippen LogP contribution in [0.5, 0.6) is 0 Å². The monoisotopic (exact) mass is 305 g/mol. The van der Waals surface area contributed by atoms with Crippen LogP contribution in [0.15, 0.2) is 30.3 Å². The number of nitrogens with zero attached hydrogens (tertiary/aromatic N) is 1. The number of benzene rings is 1. The van der Waals surface area contributed by atoms with Crippen molar-refractivity contribution in [1.82, 2.24) is 3.11 Å². The fraction of sp³-hybridized carbons (Fsp3) is 0.455. The lowest BCUT2D eigenvalue weighted by Gasteiger charge is -2.33. The first-order chi connectivity index (χ1) is 6.71. The van der Waals surface area contributed by atoms with Crippen molar-refractivity contribution in [1.29, 1.82) is 0 Å². The van der Waals surface area contributed by atoms with Crippen molar-refractivity contribution in [3.05, 3.63) is 35.9 Å². The number of rotatable bonds is 1. The summed E-state index contributed by atoms with van der Waals surface area (Å²) in [7, 11) is 0. The SMILES string of the molecule is FC1(c2ccccc2)CCN(I)CC1. The Balaban J connectivity index is 2.17. The van der Waals surface area contributed by atoms with Gasteiger partial charge >= 0.3 is 0 Å². The van der Waals surface area contributed by atoms with E-state index >= 15 is 0 Å². The van der Waals surface area contributed by atoms with Gasteiger partial charge in [0.15, 0.2) is 0 Å². The molecule has 76 valence electrons. The number of alkyl halides is 1. The van der Waals surface area contributed by atoms with Gasteiger partial charge in [-0.25, -0.2) is 7.50 Å². The molecule has 0 aliphatic carbocycles. The standard InChI is InChI=1S/C11H13FIN/c12-11(6-8-14(13)9-7-11)10-4-2-1-3-5-10/h1-5H,6-9H2. The second kappa shape index (κ2) is 4.14. The van der Waals surface area contributed by atoms with Crippen molar-refractivity contribution < 1.29 is 4.39 Å². The lowest BCUT2D eigenvalue weighted by molar-refractivity contribution is 0.0955. The molecule has 0 spiro atoms. The largest absolute Gasteiger partial charge is 0.247 e. The molecule has 0 unspecified atom stereocenters. The average Bonchev–Trinajstić information content (AvgIpc) is 2.24. The summed E-state index contributed by atoms with van der Waals surface area (Å²) in [4.78, 5) is 0. The highest BCUT2D eigenvalue weighted by atomic mass is 127. The van der Waals surface area contributed by atoms with E-state index in [1.807, 2.05) is 30.3 Å². The van der Waals surface area contributed by atoms with Crippen molar-refractivity contribution >= 4 is 22.9 Å². The van der Waals surface area contributed by atoms with Gasteiger partial charge in [0.1, 0.15) is 5.67 Å². The molecule has 0 amide bonds. The minimum absolute atomic E-state index is 0.611. The Morgan fingerprint density at radius 1 is 1.14 bits per heavy atom. The molecule has 0 saturated carbocycles. The van der Waals surface area contributed by atoms with E-state index in [-0.39, 0.29) is 0 Å². The van der Waals surface area contributed by atoms with Gasteiger partial charge in [-0.2, -0.15) is 0 Å². The van der Waals surface area contributed by atoms with E-state index < -0.39 is 5.67 Å². The van der Waals surface area contributed by atoms with E-state index in [1.165, 1.54) is 0 Å². The third kappa shape index (κ3) is 2.08. The fourth-order valence-electron chi connectivity index (χ4n) is 1.86. The van der Waals surface area contributed by atoms with Crippen LogP contribution in [0.2, 0.25) is 0 Å². The lowest BCUT2D eigenvalue weighted by atomic mass is 9.87. The van der Waals surface area contributed by atoms with Crippen molar-refractivity contribution in [2.75, 3.05) is 13.1 Å². The maximum absolute atomic E-state index is 14.4. The van der Waals surface area contributed by atoms with Gasteiger partial charge in [0.05, 0.1) is 0 Å². The molecule has 0 aromatic heterocycles. The van der Waals surface area contributed by atoms with E-state index in [9.17, 15) is 4.39 Å². The first-order valence-corrected chi connectivity index (χ1v) is 5.82. The molecule has 2 rings (SSSR count). The van der Waals surface area contributed by atoms with Crippen LogP contribution in [-0.4, -0.2) is 16.2 Å². The summed E-state index contributed by atoms with van der Waals surface area (Å²) in [6.45, 7) is 1.68. The molecule has 1 fully saturated rings. The smallest absolute Gasteiger partial charge is 0.138 e. The molecule has 1 nitrogen and oxygen atoms in total. The summed E-state index contributed by atoms with van der Waals surface area (Å²) >= 11 is 2.26. The van der Waals surface area contributed by atoms with Crippen molar-refractivity contribution in [2.24, 2.45) is 0 Å². The van der Waals surface area contributed by atoms with Crippen LogP contribution in [0.4, 0.5) is 4.39 Å². The molecule has 1 saturated heterocycles. The summed E-state index contributed by atoms with van der Waals surface area (Å²) in [5.41, 5.74) is -0.257. The highest BCUT2D eigenvalue weighted by molar-refractivity contribution is 14.1. The summed E-state index contributed by atoms with van der Waals surface area (Å²) < 4.78 is 16.6. The van der Waals surface area contributed by atoms with Crippen LogP contribution in [-0.2, 0) is 5.67 Å². The van der Waals surface area contributed by atoms with E-state index in [4.69, 9.17) is 0 Å². The second-order valence-electron chi connectivity index (χ2n) is 3.74. The Morgan fingerprint density at radius 3 is 2.29 bits per heavy atom. The molecule has 3 heteroatoms.